The maximum absolute atomic E-state index is 10.2. The first-order valence-electron chi connectivity index (χ1n) is 5.36. The summed E-state index contributed by atoms with van der Waals surface area (Å²) in [4.78, 5) is 11.3. The monoisotopic (exact) mass is 225 g/mol. The number of nitrogens with zero attached hydrogens (tertiary/aromatic N) is 2. The Morgan fingerprint density at radius 3 is 2.88 bits per heavy atom. The number of nitrogens with one attached hydrogen (secondary N) is 1. The van der Waals surface area contributed by atoms with Crippen LogP contribution in [0.1, 0.15) is 17.5 Å². The van der Waals surface area contributed by atoms with Crippen molar-refractivity contribution in [1.29, 1.82) is 0 Å². The van der Waals surface area contributed by atoms with Gasteiger partial charge in [0.25, 0.3) is 0 Å². The molecule has 0 aliphatic carbocycles. The van der Waals surface area contributed by atoms with E-state index in [4.69, 9.17) is 0 Å². The Labute approximate surface area is 98.0 Å². The highest BCUT2D eigenvalue weighted by Crippen LogP contribution is 2.23. The van der Waals surface area contributed by atoms with Crippen LogP contribution in [0.3, 0.4) is 0 Å². The van der Waals surface area contributed by atoms with Gasteiger partial charge in [0.1, 0.15) is 6.10 Å². The van der Waals surface area contributed by atoms with E-state index in [1.165, 1.54) is 0 Å². The van der Waals surface area contributed by atoms with Crippen LogP contribution in [0.2, 0.25) is 0 Å². The third-order valence-electron chi connectivity index (χ3n) is 2.71. The van der Waals surface area contributed by atoms with Crippen molar-refractivity contribution in [3.8, 4) is 0 Å². The summed E-state index contributed by atoms with van der Waals surface area (Å²) in [6.07, 6.45) is 4.41. The smallest absolute Gasteiger partial charge is 0.136 e. The number of fused-ring (bicyclic) bond motifs is 1. The highest BCUT2D eigenvalue weighted by Gasteiger charge is 2.13. The van der Waals surface area contributed by atoms with Gasteiger partial charge in [-0.25, -0.2) is 0 Å². The van der Waals surface area contributed by atoms with Crippen LogP contribution in [-0.4, -0.2) is 20.1 Å². The Hall–Kier alpha value is -2.20. The molecule has 3 rings (SSSR count). The predicted octanol–water partition coefficient (Wildman–Crippen LogP) is 2.04. The second kappa shape index (κ2) is 3.99. The Balaban J connectivity index is 2.04. The topological polar surface area (TPSA) is 61.8 Å². The van der Waals surface area contributed by atoms with Gasteiger partial charge in [0, 0.05) is 17.8 Å². The number of aliphatic hydroxyl groups excluding tert-OH is 1. The lowest BCUT2D eigenvalue weighted by atomic mass is 10.1. The number of rotatable bonds is 2. The van der Waals surface area contributed by atoms with Crippen LogP contribution in [0, 0.1) is 0 Å². The van der Waals surface area contributed by atoms with Crippen molar-refractivity contribution >= 4 is 10.9 Å². The van der Waals surface area contributed by atoms with E-state index >= 15 is 0 Å². The van der Waals surface area contributed by atoms with Crippen LogP contribution >= 0.6 is 0 Å². The number of aliphatic hydroxyl groups is 1. The minimum Gasteiger partial charge on any atom is -0.380 e. The minimum atomic E-state index is -0.733. The first-order valence-corrected chi connectivity index (χ1v) is 5.36. The van der Waals surface area contributed by atoms with Gasteiger partial charge in [-0.3, -0.25) is 9.97 Å². The van der Waals surface area contributed by atoms with Crippen LogP contribution < -0.4 is 0 Å². The summed E-state index contributed by atoms with van der Waals surface area (Å²) < 4.78 is 0. The van der Waals surface area contributed by atoms with Gasteiger partial charge in [-0.05, 0) is 24.3 Å². The summed E-state index contributed by atoms with van der Waals surface area (Å²) in [5.41, 5.74) is 2.27. The van der Waals surface area contributed by atoms with E-state index in [0.29, 0.717) is 5.69 Å². The summed E-state index contributed by atoms with van der Waals surface area (Å²) in [6.45, 7) is 0. The number of hydrogen-bond donors (Lipinski definition) is 2. The minimum absolute atomic E-state index is 0.631. The van der Waals surface area contributed by atoms with E-state index in [2.05, 4.69) is 15.0 Å². The molecule has 0 radical (unpaired) electrons. The van der Waals surface area contributed by atoms with Crippen molar-refractivity contribution < 1.29 is 5.11 Å². The fraction of sp³-hybridized carbons (Fsp3) is 0.0769. The van der Waals surface area contributed by atoms with Crippen molar-refractivity contribution in [2.24, 2.45) is 0 Å². The van der Waals surface area contributed by atoms with Crippen LogP contribution in [0.4, 0.5) is 0 Å². The fourth-order valence-corrected chi connectivity index (χ4v) is 1.84. The summed E-state index contributed by atoms with van der Waals surface area (Å²) in [7, 11) is 0. The second-order valence-electron chi connectivity index (χ2n) is 3.84. The zero-order valence-electron chi connectivity index (χ0n) is 9.04. The average Bonchev–Trinajstić information content (AvgIpc) is 2.82. The van der Waals surface area contributed by atoms with Gasteiger partial charge in [0.2, 0.25) is 0 Å². The standard InChI is InChI=1S/C13H11N3O/c17-13(10-3-1-2-5-15-10)11-7-9-4-6-14-8-12(9)16-11/h1-8,13,16-17H/t13-/m0/s1. The highest BCUT2D eigenvalue weighted by molar-refractivity contribution is 5.79. The van der Waals surface area contributed by atoms with Crippen molar-refractivity contribution in [2.45, 2.75) is 6.10 Å². The first kappa shape index (κ1) is 9.99. The SMILES string of the molecule is O[C@@H](c1ccccn1)c1cc2ccncc2[nH]1. The van der Waals surface area contributed by atoms with Crippen LogP contribution in [0.5, 0.6) is 0 Å². The Morgan fingerprint density at radius 2 is 2.12 bits per heavy atom. The lowest BCUT2D eigenvalue weighted by Crippen LogP contribution is -2.01. The lowest BCUT2D eigenvalue weighted by molar-refractivity contribution is 0.211. The van der Waals surface area contributed by atoms with E-state index in [1.807, 2.05) is 24.3 Å². The molecule has 0 saturated carbocycles. The summed E-state index contributed by atoms with van der Waals surface area (Å²) in [5, 5.41) is 11.2. The Bertz CT molecular complexity index is 600. The molecule has 0 aliphatic rings. The van der Waals surface area contributed by atoms with E-state index < -0.39 is 6.10 Å². The highest BCUT2D eigenvalue weighted by atomic mass is 16.3. The molecule has 4 nitrogen and oxygen atoms in total. The van der Waals surface area contributed by atoms with Crippen molar-refractivity contribution in [3.05, 3.63) is 60.3 Å². The molecule has 4 heteroatoms. The molecule has 3 aromatic rings. The van der Waals surface area contributed by atoms with Gasteiger partial charge in [-0.2, -0.15) is 0 Å². The maximum atomic E-state index is 10.2. The molecule has 3 aromatic heterocycles. The molecular formula is C13H11N3O. The molecule has 0 aromatic carbocycles. The largest absolute Gasteiger partial charge is 0.380 e. The van der Waals surface area contributed by atoms with E-state index in [-0.39, 0.29) is 0 Å². The lowest BCUT2D eigenvalue weighted by Gasteiger charge is -2.06. The van der Waals surface area contributed by atoms with Gasteiger partial charge in [-0.15, -0.1) is 0 Å². The van der Waals surface area contributed by atoms with Gasteiger partial charge in [0.15, 0.2) is 0 Å². The molecular weight excluding hydrogens is 214 g/mol. The van der Waals surface area contributed by atoms with Crippen LogP contribution in [-0.2, 0) is 0 Å². The molecule has 0 spiro atoms. The third kappa shape index (κ3) is 1.79. The molecule has 84 valence electrons. The molecule has 0 saturated heterocycles. The molecule has 17 heavy (non-hydrogen) atoms. The fourth-order valence-electron chi connectivity index (χ4n) is 1.84. The number of aromatic amines is 1. The second-order valence-corrected chi connectivity index (χ2v) is 3.84. The van der Waals surface area contributed by atoms with Gasteiger partial charge < -0.3 is 10.1 Å². The molecule has 3 heterocycles. The molecule has 0 amide bonds. The van der Waals surface area contributed by atoms with E-state index in [0.717, 1.165) is 16.6 Å². The molecule has 0 unspecified atom stereocenters. The van der Waals surface area contributed by atoms with E-state index in [9.17, 15) is 5.11 Å². The van der Waals surface area contributed by atoms with Crippen molar-refractivity contribution in [2.75, 3.05) is 0 Å². The maximum Gasteiger partial charge on any atom is 0.136 e. The molecule has 1 atom stereocenters. The van der Waals surface area contributed by atoms with Crippen molar-refractivity contribution in [1.82, 2.24) is 15.0 Å². The molecule has 2 N–H and O–H groups in total. The quantitative estimate of drug-likeness (QED) is 0.701. The van der Waals surface area contributed by atoms with Crippen molar-refractivity contribution in [3.63, 3.8) is 0 Å². The van der Waals surface area contributed by atoms with Gasteiger partial charge in [-0.1, -0.05) is 6.07 Å². The number of H-pyrrole nitrogens is 1. The van der Waals surface area contributed by atoms with E-state index in [1.54, 1.807) is 24.7 Å². The summed E-state index contributed by atoms with van der Waals surface area (Å²) in [5.74, 6) is 0. The zero-order chi connectivity index (χ0) is 11.7. The molecule has 0 fully saturated rings. The normalized spacial score (nSPS) is 12.8. The average molecular weight is 225 g/mol. The van der Waals surface area contributed by atoms with Gasteiger partial charge >= 0.3 is 0 Å². The Morgan fingerprint density at radius 1 is 1.18 bits per heavy atom. The summed E-state index contributed by atoms with van der Waals surface area (Å²) >= 11 is 0. The van der Waals surface area contributed by atoms with Crippen LogP contribution in [0.15, 0.2) is 48.9 Å². The third-order valence-corrected chi connectivity index (χ3v) is 2.71. The zero-order valence-corrected chi connectivity index (χ0v) is 9.04. The first-order chi connectivity index (χ1) is 8.34. The predicted molar refractivity (Wildman–Crippen MR) is 64.4 cm³/mol. The number of hydrogen-bond acceptors (Lipinski definition) is 3. The van der Waals surface area contributed by atoms with Crippen LogP contribution in [0.25, 0.3) is 10.9 Å². The summed E-state index contributed by atoms with van der Waals surface area (Å²) in [6, 6.07) is 9.30. The number of aromatic nitrogens is 3. The molecule has 0 aliphatic heterocycles. The number of pyridine rings is 2. The van der Waals surface area contributed by atoms with Gasteiger partial charge in [0.05, 0.1) is 23.1 Å². The Kier molecular flexibility index (Phi) is 2.34. The molecule has 0 bridgehead atoms.